The molecule has 0 spiro atoms. The van der Waals surface area contributed by atoms with E-state index in [1.165, 1.54) is 19.3 Å². The van der Waals surface area contributed by atoms with Gasteiger partial charge in [0.05, 0.1) is 6.10 Å². The highest BCUT2D eigenvalue weighted by Crippen LogP contribution is 2.12. The van der Waals surface area contributed by atoms with Crippen LogP contribution in [0, 0.1) is 0 Å². The van der Waals surface area contributed by atoms with E-state index in [0.29, 0.717) is 6.10 Å². The van der Waals surface area contributed by atoms with Crippen LogP contribution in [0.4, 0.5) is 0 Å². The number of hydrogen-bond donors (Lipinski definition) is 0. The molecule has 1 aliphatic heterocycles. The van der Waals surface area contributed by atoms with Gasteiger partial charge in [-0.3, -0.25) is 0 Å². The first-order valence-electron chi connectivity index (χ1n) is 4.05. The Hall–Kier alpha value is -0.0800. The standard InChI is InChI=1S/C8H17NO/c1-9(2)7-8-5-3-4-6-10-8/h8H,3-7H2,1-2H3/t8-/m0/s1. The molecule has 10 heavy (non-hydrogen) atoms. The number of nitrogens with zero attached hydrogens (tertiary/aromatic N) is 1. The molecule has 1 saturated heterocycles. The van der Waals surface area contributed by atoms with Crippen molar-refractivity contribution in [3.05, 3.63) is 0 Å². The molecule has 0 aromatic heterocycles. The van der Waals surface area contributed by atoms with Crippen molar-refractivity contribution in [2.75, 3.05) is 27.2 Å². The van der Waals surface area contributed by atoms with Crippen LogP contribution >= 0.6 is 0 Å². The molecule has 0 unspecified atom stereocenters. The molecule has 60 valence electrons. The van der Waals surface area contributed by atoms with Gasteiger partial charge in [-0.05, 0) is 33.4 Å². The van der Waals surface area contributed by atoms with Crippen LogP contribution in [-0.2, 0) is 4.74 Å². The molecule has 1 atom stereocenters. The smallest absolute Gasteiger partial charge is 0.0701 e. The second kappa shape index (κ2) is 3.94. The monoisotopic (exact) mass is 143 g/mol. The first kappa shape index (κ1) is 8.02. The Labute approximate surface area is 63.2 Å². The summed E-state index contributed by atoms with van der Waals surface area (Å²) < 4.78 is 5.55. The molecule has 1 heterocycles. The van der Waals surface area contributed by atoms with Crippen LogP contribution < -0.4 is 0 Å². The largest absolute Gasteiger partial charge is 0.377 e. The summed E-state index contributed by atoms with van der Waals surface area (Å²) in [5.74, 6) is 0. The fourth-order valence-corrected chi connectivity index (χ4v) is 1.36. The lowest BCUT2D eigenvalue weighted by Crippen LogP contribution is -2.30. The van der Waals surface area contributed by atoms with E-state index in [0.717, 1.165) is 13.2 Å². The Balaban J connectivity index is 2.13. The van der Waals surface area contributed by atoms with Crippen LogP contribution in [0.15, 0.2) is 0 Å². The first-order valence-corrected chi connectivity index (χ1v) is 4.05. The molecule has 2 nitrogen and oxygen atoms in total. The molecule has 0 aromatic carbocycles. The van der Waals surface area contributed by atoms with Gasteiger partial charge in [0, 0.05) is 13.2 Å². The van der Waals surface area contributed by atoms with Crippen LogP contribution in [0.2, 0.25) is 0 Å². The molecular weight excluding hydrogens is 126 g/mol. The third-order valence-corrected chi connectivity index (χ3v) is 1.84. The molecule has 0 aliphatic carbocycles. The van der Waals surface area contributed by atoms with E-state index in [1.807, 2.05) is 0 Å². The minimum atomic E-state index is 0.503. The predicted octanol–water partition coefficient (Wildman–Crippen LogP) is 1.12. The van der Waals surface area contributed by atoms with Crippen LogP contribution in [-0.4, -0.2) is 38.3 Å². The fraction of sp³-hybridized carbons (Fsp3) is 1.00. The molecule has 1 rings (SSSR count). The second-order valence-electron chi connectivity index (χ2n) is 3.25. The summed E-state index contributed by atoms with van der Waals surface area (Å²) in [6.07, 6.45) is 4.35. The van der Waals surface area contributed by atoms with Crippen molar-refractivity contribution in [1.29, 1.82) is 0 Å². The summed E-state index contributed by atoms with van der Waals surface area (Å²) in [6.45, 7) is 2.05. The van der Waals surface area contributed by atoms with Gasteiger partial charge < -0.3 is 9.64 Å². The zero-order valence-corrected chi connectivity index (χ0v) is 6.97. The van der Waals surface area contributed by atoms with Crippen molar-refractivity contribution < 1.29 is 4.74 Å². The normalized spacial score (nSPS) is 27.3. The van der Waals surface area contributed by atoms with Crippen molar-refractivity contribution in [3.8, 4) is 0 Å². The van der Waals surface area contributed by atoms with E-state index in [4.69, 9.17) is 4.74 Å². The molecular formula is C8H17NO. The second-order valence-corrected chi connectivity index (χ2v) is 3.25. The predicted molar refractivity (Wildman–Crippen MR) is 42.1 cm³/mol. The lowest BCUT2D eigenvalue weighted by atomic mass is 10.1. The van der Waals surface area contributed by atoms with E-state index >= 15 is 0 Å². The molecule has 0 saturated carbocycles. The summed E-state index contributed by atoms with van der Waals surface area (Å²) in [5, 5.41) is 0. The van der Waals surface area contributed by atoms with Gasteiger partial charge in [-0.1, -0.05) is 0 Å². The lowest BCUT2D eigenvalue weighted by Gasteiger charge is -2.25. The SMILES string of the molecule is CN(C)C[C@@H]1CCCCO1. The molecule has 2 heteroatoms. The number of rotatable bonds is 2. The molecule has 0 N–H and O–H groups in total. The number of hydrogen-bond acceptors (Lipinski definition) is 2. The Morgan fingerprint density at radius 3 is 2.70 bits per heavy atom. The van der Waals surface area contributed by atoms with E-state index in [2.05, 4.69) is 19.0 Å². The van der Waals surface area contributed by atoms with E-state index in [1.54, 1.807) is 0 Å². The van der Waals surface area contributed by atoms with E-state index < -0.39 is 0 Å². The zero-order chi connectivity index (χ0) is 7.40. The lowest BCUT2D eigenvalue weighted by molar-refractivity contribution is 0.00219. The molecule has 0 aromatic rings. The highest BCUT2D eigenvalue weighted by molar-refractivity contribution is 4.65. The third kappa shape index (κ3) is 2.67. The molecule has 1 aliphatic rings. The average Bonchev–Trinajstić information content (AvgIpc) is 1.88. The average molecular weight is 143 g/mol. The zero-order valence-electron chi connectivity index (χ0n) is 6.97. The van der Waals surface area contributed by atoms with Crippen LogP contribution in [0.3, 0.4) is 0 Å². The van der Waals surface area contributed by atoms with Gasteiger partial charge in [0.25, 0.3) is 0 Å². The summed E-state index contributed by atoms with van der Waals surface area (Å²) in [5.41, 5.74) is 0. The maximum Gasteiger partial charge on any atom is 0.0701 e. The minimum Gasteiger partial charge on any atom is -0.377 e. The molecule has 0 radical (unpaired) electrons. The Morgan fingerprint density at radius 1 is 1.40 bits per heavy atom. The molecule has 0 amide bonds. The van der Waals surface area contributed by atoms with Crippen molar-refractivity contribution in [1.82, 2.24) is 4.90 Å². The minimum absolute atomic E-state index is 0.503. The fourth-order valence-electron chi connectivity index (χ4n) is 1.36. The van der Waals surface area contributed by atoms with Gasteiger partial charge in [0.15, 0.2) is 0 Å². The van der Waals surface area contributed by atoms with Crippen LogP contribution in [0.5, 0.6) is 0 Å². The Kier molecular flexibility index (Phi) is 3.16. The summed E-state index contributed by atoms with van der Waals surface area (Å²) in [7, 11) is 4.19. The Morgan fingerprint density at radius 2 is 2.20 bits per heavy atom. The maximum absolute atomic E-state index is 5.55. The van der Waals surface area contributed by atoms with Crippen LogP contribution in [0.1, 0.15) is 19.3 Å². The summed E-state index contributed by atoms with van der Waals surface area (Å²) in [4.78, 5) is 2.19. The molecule has 1 fully saturated rings. The maximum atomic E-state index is 5.55. The van der Waals surface area contributed by atoms with E-state index in [-0.39, 0.29) is 0 Å². The summed E-state index contributed by atoms with van der Waals surface area (Å²) in [6, 6.07) is 0. The van der Waals surface area contributed by atoms with Crippen molar-refractivity contribution in [3.63, 3.8) is 0 Å². The van der Waals surface area contributed by atoms with Crippen LogP contribution in [0.25, 0.3) is 0 Å². The van der Waals surface area contributed by atoms with Gasteiger partial charge in [-0.25, -0.2) is 0 Å². The van der Waals surface area contributed by atoms with Gasteiger partial charge >= 0.3 is 0 Å². The van der Waals surface area contributed by atoms with Gasteiger partial charge in [0.2, 0.25) is 0 Å². The quantitative estimate of drug-likeness (QED) is 0.574. The third-order valence-electron chi connectivity index (χ3n) is 1.84. The van der Waals surface area contributed by atoms with Gasteiger partial charge in [-0.15, -0.1) is 0 Å². The number of likely N-dealkylation sites (N-methyl/N-ethyl adjacent to an activating group) is 1. The topological polar surface area (TPSA) is 12.5 Å². The Bertz CT molecular complexity index is 87.3. The van der Waals surface area contributed by atoms with Crippen molar-refractivity contribution in [2.45, 2.75) is 25.4 Å². The van der Waals surface area contributed by atoms with Crippen molar-refractivity contribution >= 4 is 0 Å². The molecule has 0 bridgehead atoms. The van der Waals surface area contributed by atoms with Gasteiger partial charge in [-0.2, -0.15) is 0 Å². The highest BCUT2D eigenvalue weighted by atomic mass is 16.5. The van der Waals surface area contributed by atoms with E-state index in [9.17, 15) is 0 Å². The number of ether oxygens (including phenoxy) is 1. The highest BCUT2D eigenvalue weighted by Gasteiger charge is 2.13. The van der Waals surface area contributed by atoms with Crippen molar-refractivity contribution in [2.24, 2.45) is 0 Å². The first-order chi connectivity index (χ1) is 4.79. The summed E-state index contributed by atoms with van der Waals surface area (Å²) >= 11 is 0. The van der Waals surface area contributed by atoms with Gasteiger partial charge in [0.1, 0.15) is 0 Å².